The van der Waals surface area contributed by atoms with E-state index in [2.05, 4.69) is 0 Å². The van der Waals surface area contributed by atoms with E-state index >= 15 is 0 Å². The van der Waals surface area contributed by atoms with Gasteiger partial charge in [-0.25, -0.2) is 0 Å². The van der Waals surface area contributed by atoms with Crippen molar-refractivity contribution >= 4 is 13.3 Å². The van der Waals surface area contributed by atoms with Crippen molar-refractivity contribution in [3.8, 4) is 11.8 Å². The van der Waals surface area contributed by atoms with Gasteiger partial charge in [-0.05, 0) is 23.7 Å². The van der Waals surface area contributed by atoms with E-state index in [0.29, 0.717) is 5.56 Å². The summed E-state index contributed by atoms with van der Waals surface area (Å²) in [6.07, 6.45) is 0. The molecule has 64 valence electrons. The Morgan fingerprint density at radius 2 is 1.92 bits per heavy atom. The first-order valence-electron chi connectivity index (χ1n) is 2.94. The van der Waals surface area contributed by atoms with Crippen molar-refractivity contribution in [1.82, 2.24) is 0 Å². The molecule has 0 aromatic heterocycles. The van der Waals surface area contributed by atoms with Gasteiger partial charge in [0.25, 0.3) is 0 Å². The van der Waals surface area contributed by atoms with E-state index < -0.39 is 0 Å². The molecule has 1 rings (SSSR count). The Kier molecular flexibility index (Phi) is 5.67. The molecule has 0 aliphatic rings. The highest BCUT2D eigenvalue weighted by atomic mass is 16.3. The van der Waals surface area contributed by atoms with Crippen LogP contribution in [0.5, 0.6) is 5.75 Å². The van der Waals surface area contributed by atoms with Crippen LogP contribution in [-0.2, 0) is 0 Å². The van der Waals surface area contributed by atoms with Gasteiger partial charge in [0.15, 0.2) is 0 Å². The monoisotopic (exact) mass is 167 g/mol. The normalized spacial score (nSPS) is 7.25. The van der Waals surface area contributed by atoms with Crippen molar-refractivity contribution < 1.29 is 16.1 Å². The molecule has 0 atom stereocenters. The highest BCUT2D eigenvalue weighted by Gasteiger charge is 1.94. The number of hydrogen-bond acceptors (Lipinski definition) is 2. The molecule has 12 heavy (non-hydrogen) atoms. The molecule has 1 aromatic carbocycles. The van der Waals surface area contributed by atoms with Gasteiger partial charge in [0, 0.05) is 0 Å². The molecule has 0 heterocycles. The van der Waals surface area contributed by atoms with Gasteiger partial charge < -0.3 is 16.1 Å². The van der Waals surface area contributed by atoms with Crippen molar-refractivity contribution in [2.75, 3.05) is 0 Å². The number of phenols is 1. The van der Waals surface area contributed by atoms with E-state index in [0.717, 1.165) is 5.46 Å². The van der Waals surface area contributed by atoms with Crippen LogP contribution in [0, 0.1) is 11.3 Å². The Morgan fingerprint density at radius 3 is 2.33 bits per heavy atom. The van der Waals surface area contributed by atoms with Crippen LogP contribution in [0.25, 0.3) is 0 Å². The van der Waals surface area contributed by atoms with E-state index in [1.165, 1.54) is 6.07 Å². The Hall–Kier alpha value is -1.51. The molecule has 1 aromatic rings. The molecule has 4 nitrogen and oxygen atoms in total. The smallest absolute Gasteiger partial charge is 0.144 e. The fourth-order valence-corrected chi connectivity index (χ4v) is 0.725. The van der Waals surface area contributed by atoms with Crippen LogP contribution in [0.4, 0.5) is 0 Å². The fourth-order valence-electron chi connectivity index (χ4n) is 0.725. The van der Waals surface area contributed by atoms with E-state index in [1.54, 1.807) is 20.0 Å². The zero-order chi connectivity index (χ0) is 7.56. The molecule has 0 fully saturated rings. The van der Waals surface area contributed by atoms with Crippen LogP contribution in [-0.4, -0.2) is 23.9 Å². The zero-order valence-electron chi connectivity index (χ0n) is 6.63. The minimum absolute atomic E-state index is 0. The minimum Gasteiger partial charge on any atom is -0.509 e. The van der Waals surface area contributed by atoms with Gasteiger partial charge in [0.1, 0.15) is 13.6 Å². The van der Waals surface area contributed by atoms with Crippen LogP contribution >= 0.6 is 0 Å². The second-order valence-electron chi connectivity index (χ2n) is 2.11. The Morgan fingerprint density at radius 1 is 1.33 bits per heavy atom. The van der Waals surface area contributed by atoms with Crippen LogP contribution in [0.1, 0.15) is 5.56 Å². The standard InChI is InChI=1S/C7H6BNO.2H2O/c8-6-3-5(4-9)1-2-7(6)10;;/h1-3,10H,8H2;2*1H2. The van der Waals surface area contributed by atoms with E-state index in [1.807, 2.05) is 6.07 Å². The summed E-state index contributed by atoms with van der Waals surface area (Å²) < 4.78 is 0. The summed E-state index contributed by atoms with van der Waals surface area (Å²) in [6, 6.07) is 6.74. The number of hydrogen-bond donors (Lipinski definition) is 1. The molecular weight excluding hydrogens is 157 g/mol. The van der Waals surface area contributed by atoms with Crippen LogP contribution < -0.4 is 5.46 Å². The average molecular weight is 167 g/mol. The zero-order valence-corrected chi connectivity index (χ0v) is 6.63. The molecule has 5 N–H and O–H groups in total. The lowest BCUT2D eigenvalue weighted by atomic mass is 9.93. The molecule has 0 radical (unpaired) electrons. The van der Waals surface area contributed by atoms with E-state index in [-0.39, 0.29) is 16.7 Å². The summed E-state index contributed by atoms with van der Waals surface area (Å²) in [5.74, 6) is 0.235. The van der Waals surface area contributed by atoms with Gasteiger partial charge in [-0.2, -0.15) is 5.26 Å². The molecule has 0 amide bonds. The summed E-state index contributed by atoms with van der Waals surface area (Å²) in [6.45, 7) is 0. The SMILES string of the molecule is Bc1cc(C#N)ccc1O.O.O. The average Bonchev–Trinajstić information content (AvgIpc) is 1.95. The largest absolute Gasteiger partial charge is 0.509 e. The highest BCUT2D eigenvalue weighted by Crippen LogP contribution is 2.04. The van der Waals surface area contributed by atoms with Gasteiger partial charge in [0.05, 0.1) is 11.6 Å². The highest BCUT2D eigenvalue weighted by molar-refractivity contribution is 6.34. The molecule has 0 aliphatic heterocycles. The van der Waals surface area contributed by atoms with Gasteiger partial charge in [-0.3, -0.25) is 0 Å². The van der Waals surface area contributed by atoms with Crippen molar-refractivity contribution in [1.29, 1.82) is 5.26 Å². The molecule has 0 saturated carbocycles. The van der Waals surface area contributed by atoms with E-state index in [4.69, 9.17) is 10.4 Å². The second kappa shape index (κ2) is 5.19. The third-order valence-electron chi connectivity index (χ3n) is 1.33. The van der Waals surface area contributed by atoms with Gasteiger partial charge in [0.2, 0.25) is 0 Å². The number of nitriles is 1. The predicted octanol–water partition coefficient (Wildman–Crippen LogP) is -2.13. The first-order valence-corrected chi connectivity index (χ1v) is 2.94. The first-order chi connectivity index (χ1) is 4.74. The molecule has 0 unspecified atom stereocenters. The van der Waals surface area contributed by atoms with Gasteiger partial charge >= 0.3 is 0 Å². The van der Waals surface area contributed by atoms with Crippen molar-refractivity contribution in [2.45, 2.75) is 0 Å². The molecule has 5 heteroatoms. The maximum Gasteiger partial charge on any atom is 0.144 e. The summed E-state index contributed by atoms with van der Waals surface area (Å²) in [5, 5.41) is 17.5. The van der Waals surface area contributed by atoms with Crippen LogP contribution in [0.15, 0.2) is 18.2 Å². The molecule has 0 spiro atoms. The number of aromatic hydroxyl groups is 1. The lowest BCUT2D eigenvalue weighted by molar-refractivity contribution is 0.479. The number of rotatable bonds is 0. The Balaban J connectivity index is 0. The lowest BCUT2D eigenvalue weighted by Crippen LogP contribution is -2.02. The topological polar surface area (TPSA) is 107 Å². The Bertz CT molecular complexity index is 295. The predicted molar refractivity (Wildman–Crippen MR) is 48.2 cm³/mol. The fraction of sp³-hybridized carbons (Fsp3) is 0. The summed E-state index contributed by atoms with van der Waals surface area (Å²) in [4.78, 5) is 0. The van der Waals surface area contributed by atoms with Gasteiger partial charge in [-0.1, -0.05) is 0 Å². The quantitative estimate of drug-likeness (QED) is 0.445. The third-order valence-corrected chi connectivity index (χ3v) is 1.33. The summed E-state index contributed by atoms with van der Waals surface area (Å²) >= 11 is 0. The summed E-state index contributed by atoms with van der Waals surface area (Å²) in [5.41, 5.74) is 1.31. The second-order valence-corrected chi connectivity index (χ2v) is 2.11. The van der Waals surface area contributed by atoms with Crippen molar-refractivity contribution in [2.24, 2.45) is 0 Å². The molecule has 0 saturated heterocycles. The number of phenolic OH excluding ortho intramolecular Hbond substituents is 1. The Labute approximate surface area is 71.1 Å². The number of benzene rings is 1. The van der Waals surface area contributed by atoms with Crippen molar-refractivity contribution in [3.05, 3.63) is 23.8 Å². The maximum absolute atomic E-state index is 9.03. The van der Waals surface area contributed by atoms with E-state index in [9.17, 15) is 0 Å². The molecular formula is C7H10BNO3. The summed E-state index contributed by atoms with van der Waals surface area (Å²) in [7, 11) is 1.76. The molecule has 0 bridgehead atoms. The van der Waals surface area contributed by atoms with Crippen LogP contribution in [0.2, 0.25) is 0 Å². The maximum atomic E-state index is 9.03. The van der Waals surface area contributed by atoms with Gasteiger partial charge in [-0.15, -0.1) is 0 Å². The van der Waals surface area contributed by atoms with Crippen molar-refractivity contribution in [3.63, 3.8) is 0 Å². The lowest BCUT2D eigenvalue weighted by Gasteiger charge is -1.95. The number of nitrogens with zero attached hydrogens (tertiary/aromatic N) is 1. The molecule has 0 aliphatic carbocycles. The minimum atomic E-state index is 0. The third kappa shape index (κ3) is 2.62. The van der Waals surface area contributed by atoms with Crippen LogP contribution in [0.3, 0.4) is 0 Å². The first kappa shape index (κ1) is 13.1.